The highest BCUT2D eigenvalue weighted by Gasteiger charge is 2.13. The van der Waals surface area contributed by atoms with Crippen LogP contribution in [-0.4, -0.2) is 20.9 Å². The van der Waals surface area contributed by atoms with E-state index in [-0.39, 0.29) is 6.42 Å². The quantitative estimate of drug-likeness (QED) is 0.855. The van der Waals surface area contributed by atoms with Crippen LogP contribution in [0.4, 0.5) is 0 Å². The number of hydrogen-bond acceptors (Lipinski definition) is 2. The van der Waals surface area contributed by atoms with Crippen molar-refractivity contribution in [1.82, 2.24) is 9.78 Å². The molecule has 0 bridgehead atoms. The summed E-state index contributed by atoms with van der Waals surface area (Å²) in [5.41, 5.74) is 4.26. The zero-order valence-electron chi connectivity index (χ0n) is 10.9. The third-order valence-corrected chi connectivity index (χ3v) is 2.87. The summed E-state index contributed by atoms with van der Waals surface area (Å²) >= 11 is 0. The summed E-state index contributed by atoms with van der Waals surface area (Å²) in [6.07, 6.45) is 3.77. The maximum absolute atomic E-state index is 10.6. The molecule has 0 aromatic carbocycles. The Labute approximate surface area is 102 Å². The zero-order valence-corrected chi connectivity index (χ0v) is 10.9. The smallest absolute Gasteiger partial charge is 0.307 e. The van der Waals surface area contributed by atoms with Crippen LogP contribution < -0.4 is 0 Å². The summed E-state index contributed by atoms with van der Waals surface area (Å²) in [6.45, 7) is 6.07. The second kappa shape index (κ2) is 5.66. The molecular formula is C13H20N2O2. The van der Waals surface area contributed by atoms with Crippen LogP contribution in [-0.2, 0) is 11.8 Å². The summed E-state index contributed by atoms with van der Waals surface area (Å²) in [6, 6.07) is 0. The molecule has 0 fully saturated rings. The van der Waals surface area contributed by atoms with E-state index in [1.807, 2.05) is 31.7 Å². The molecular weight excluding hydrogens is 216 g/mol. The first-order valence-electron chi connectivity index (χ1n) is 5.88. The Morgan fingerprint density at radius 2 is 2.12 bits per heavy atom. The van der Waals surface area contributed by atoms with Crippen molar-refractivity contribution in [1.29, 1.82) is 0 Å². The summed E-state index contributed by atoms with van der Waals surface area (Å²) in [7, 11) is 1.91. The molecule has 0 radical (unpaired) electrons. The molecule has 0 amide bonds. The molecule has 0 unspecified atom stereocenters. The summed E-state index contributed by atoms with van der Waals surface area (Å²) < 4.78 is 1.84. The van der Waals surface area contributed by atoms with Crippen LogP contribution in [0.3, 0.4) is 0 Å². The molecule has 1 aromatic rings. The van der Waals surface area contributed by atoms with Gasteiger partial charge in [0.25, 0.3) is 0 Å². The molecule has 0 aliphatic heterocycles. The van der Waals surface area contributed by atoms with E-state index in [4.69, 9.17) is 5.11 Å². The van der Waals surface area contributed by atoms with E-state index < -0.39 is 5.97 Å². The molecule has 17 heavy (non-hydrogen) atoms. The maximum atomic E-state index is 10.6. The maximum Gasteiger partial charge on any atom is 0.307 e. The average molecular weight is 236 g/mol. The molecule has 0 spiro atoms. The largest absolute Gasteiger partial charge is 0.481 e. The van der Waals surface area contributed by atoms with Gasteiger partial charge in [-0.05, 0) is 25.8 Å². The van der Waals surface area contributed by atoms with Crippen molar-refractivity contribution in [2.75, 3.05) is 0 Å². The Bertz CT molecular complexity index is 445. The number of aliphatic carboxylic acids is 1. The van der Waals surface area contributed by atoms with Gasteiger partial charge in [-0.3, -0.25) is 9.48 Å². The molecule has 1 aromatic heterocycles. The Morgan fingerprint density at radius 3 is 2.53 bits per heavy atom. The summed E-state index contributed by atoms with van der Waals surface area (Å²) in [5.74, 6) is -0.794. The van der Waals surface area contributed by atoms with Crippen molar-refractivity contribution >= 4 is 11.5 Å². The Morgan fingerprint density at radius 1 is 1.47 bits per heavy atom. The molecule has 4 heteroatoms. The minimum Gasteiger partial charge on any atom is -0.481 e. The number of carboxylic acids is 1. The van der Waals surface area contributed by atoms with E-state index in [2.05, 4.69) is 12.0 Å². The molecule has 1 N–H and O–H groups in total. The van der Waals surface area contributed by atoms with Gasteiger partial charge in [0.2, 0.25) is 0 Å². The number of carbonyl (C=O) groups is 1. The van der Waals surface area contributed by atoms with Crippen molar-refractivity contribution in [2.45, 2.75) is 40.0 Å². The minimum absolute atomic E-state index is 0.0725. The van der Waals surface area contributed by atoms with Gasteiger partial charge < -0.3 is 5.11 Å². The predicted octanol–water partition coefficient (Wildman–Crippen LogP) is 2.70. The minimum atomic E-state index is -0.794. The molecule has 1 heterocycles. The van der Waals surface area contributed by atoms with E-state index in [1.165, 1.54) is 0 Å². The number of rotatable bonds is 5. The highest BCUT2D eigenvalue weighted by Crippen LogP contribution is 2.26. The van der Waals surface area contributed by atoms with Gasteiger partial charge in [-0.15, -0.1) is 0 Å². The topological polar surface area (TPSA) is 55.1 Å². The van der Waals surface area contributed by atoms with E-state index in [0.717, 1.165) is 35.4 Å². The highest BCUT2D eigenvalue weighted by molar-refractivity contribution is 5.75. The fourth-order valence-electron chi connectivity index (χ4n) is 2.05. The third-order valence-electron chi connectivity index (χ3n) is 2.87. The van der Waals surface area contributed by atoms with Crippen LogP contribution in [0.25, 0.3) is 5.57 Å². The van der Waals surface area contributed by atoms with Crippen LogP contribution in [0.1, 0.15) is 43.1 Å². The molecule has 0 aliphatic carbocycles. The molecule has 4 nitrogen and oxygen atoms in total. The number of carboxylic acid groups (broad SMARTS) is 1. The van der Waals surface area contributed by atoms with E-state index in [0.29, 0.717) is 0 Å². The fraction of sp³-hybridized carbons (Fsp3) is 0.538. The summed E-state index contributed by atoms with van der Waals surface area (Å²) in [5, 5.41) is 13.1. The van der Waals surface area contributed by atoms with E-state index >= 15 is 0 Å². The van der Waals surface area contributed by atoms with Crippen LogP contribution >= 0.6 is 0 Å². The van der Waals surface area contributed by atoms with E-state index in [9.17, 15) is 4.79 Å². The monoisotopic (exact) mass is 236 g/mol. The van der Waals surface area contributed by atoms with Gasteiger partial charge in [0.05, 0.1) is 12.1 Å². The highest BCUT2D eigenvalue weighted by atomic mass is 16.4. The first kappa shape index (κ1) is 13.5. The lowest BCUT2D eigenvalue weighted by molar-refractivity contribution is -0.135. The van der Waals surface area contributed by atoms with Gasteiger partial charge in [-0.2, -0.15) is 5.10 Å². The molecule has 1 rings (SSSR count). The van der Waals surface area contributed by atoms with Crippen LogP contribution in [0.5, 0.6) is 0 Å². The molecule has 0 atom stereocenters. The first-order chi connectivity index (χ1) is 7.97. The van der Waals surface area contributed by atoms with Crippen molar-refractivity contribution in [2.24, 2.45) is 7.05 Å². The molecule has 0 saturated heterocycles. The van der Waals surface area contributed by atoms with Gasteiger partial charge in [0, 0.05) is 18.3 Å². The molecule has 94 valence electrons. The zero-order chi connectivity index (χ0) is 13.0. The Balaban J connectivity index is 3.13. The summed E-state index contributed by atoms with van der Waals surface area (Å²) in [4.78, 5) is 10.6. The van der Waals surface area contributed by atoms with Crippen molar-refractivity contribution in [3.8, 4) is 0 Å². The van der Waals surface area contributed by atoms with Gasteiger partial charge in [-0.1, -0.05) is 19.4 Å². The van der Waals surface area contributed by atoms with Gasteiger partial charge >= 0.3 is 5.97 Å². The van der Waals surface area contributed by atoms with Crippen molar-refractivity contribution < 1.29 is 9.90 Å². The number of hydrogen-bond donors (Lipinski definition) is 1. The fourth-order valence-corrected chi connectivity index (χ4v) is 2.05. The second-order valence-corrected chi connectivity index (χ2v) is 4.25. The number of aromatic nitrogens is 2. The first-order valence-corrected chi connectivity index (χ1v) is 5.88. The molecule has 0 aliphatic rings. The average Bonchev–Trinajstić information content (AvgIpc) is 2.49. The SMILES string of the molecule is CCC/C(=C\CC(=O)O)c1c(C)nn(C)c1C. The molecule has 0 saturated carbocycles. The Kier molecular flexibility index (Phi) is 4.49. The number of aryl methyl sites for hydroxylation is 2. The lowest BCUT2D eigenvalue weighted by atomic mass is 9.98. The van der Waals surface area contributed by atoms with Gasteiger partial charge in [0.15, 0.2) is 0 Å². The number of nitrogens with zero attached hydrogens (tertiary/aromatic N) is 2. The van der Waals surface area contributed by atoms with Crippen LogP contribution in [0, 0.1) is 13.8 Å². The van der Waals surface area contributed by atoms with Crippen LogP contribution in [0.2, 0.25) is 0 Å². The van der Waals surface area contributed by atoms with Gasteiger partial charge in [0.1, 0.15) is 0 Å². The van der Waals surface area contributed by atoms with Gasteiger partial charge in [-0.25, -0.2) is 0 Å². The van der Waals surface area contributed by atoms with Crippen LogP contribution in [0.15, 0.2) is 6.08 Å². The second-order valence-electron chi connectivity index (χ2n) is 4.25. The van der Waals surface area contributed by atoms with Crippen molar-refractivity contribution in [3.05, 3.63) is 23.0 Å². The normalized spacial score (nSPS) is 11.9. The third kappa shape index (κ3) is 3.19. The van der Waals surface area contributed by atoms with Crippen molar-refractivity contribution in [3.63, 3.8) is 0 Å². The standard InChI is InChI=1S/C13H20N2O2/c1-5-6-11(7-8-12(16)17)13-9(2)14-15(4)10(13)3/h7H,5-6,8H2,1-4H3,(H,16,17)/b11-7+. The Hall–Kier alpha value is -1.58. The lowest BCUT2D eigenvalue weighted by Crippen LogP contribution is -1.96. The lowest BCUT2D eigenvalue weighted by Gasteiger charge is -2.07. The van der Waals surface area contributed by atoms with E-state index in [1.54, 1.807) is 0 Å². The predicted molar refractivity (Wildman–Crippen MR) is 67.8 cm³/mol. The number of allylic oxidation sites excluding steroid dienone is 1.